The summed E-state index contributed by atoms with van der Waals surface area (Å²) in [7, 11) is 0. The molecule has 2 fully saturated rings. The highest BCUT2D eigenvalue weighted by Crippen LogP contribution is 2.47. The van der Waals surface area contributed by atoms with E-state index in [4.69, 9.17) is 16.3 Å². The van der Waals surface area contributed by atoms with Gasteiger partial charge in [-0.15, -0.1) is 11.3 Å². The van der Waals surface area contributed by atoms with Crippen LogP contribution in [0.15, 0.2) is 18.2 Å². The highest BCUT2D eigenvalue weighted by atomic mass is 35.5. The number of anilines is 1. The Hall–Kier alpha value is -1.60. The third kappa shape index (κ3) is 3.54. The van der Waals surface area contributed by atoms with E-state index in [2.05, 4.69) is 22.3 Å². The lowest BCUT2D eigenvalue weighted by molar-refractivity contribution is 0.0947. The molecule has 30 heavy (non-hydrogen) atoms. The van der Waals surface area contributed by atoms with Crippen molar-refractivity contribution in [1.29, 1.82) is 0 Å². The van der Waals surface area contributed by atoms with Crippen LogP contribution < -0.4 is 10.2 Å². The molecule has 1 atom stereocenters. The smallest absolute Gasteiger partial charge is 0.261 e. The second-order valence-corrected chi connectivity index (χ2v) is 9.84. The summed E-state index contributed by atoms with van der Waals surface area (Å²) in [5, 5.41) is 15.3. The molecule has 1 unspecified atom stereocenters. The van der Waals surface area contributed by atoms with Gasteiger partial charge in [0.15, 0.2) is 0 Å². The summed E-state index contributed by atoms with van der Waals surface area (Å²) in [6.45, 7) is 3.41. The Bertz CT molecular complexity index is 948. The Morgan fingerprint density at radius 2 is 1.97 bits per heavy atom. The maximum absolute atomic E-state index is 12.8. The van der Waals surface area contributed by atoms with Crippen LogP contribution in [0.4, 0.5) is 5.00 Å². The van der Waals surface area contributed by atoms with Crippen molar-refractivity contribution in [3.05, 3.63) is 50.4 Å². The molecule has 1 saturated heterocycles. The average Bonchev–Trinajstić information content (AvgIpc) is 3.44. The number of ether oxygens (including phenoxy) is 1. The van der Waals surface area contributed by atoms with Gasteiger partial charge in [0.2, 0.25) is 0 Å². The first-order valence-corrected chi connectivity index (χ1v) is 12.0. The number of fused-ring (bicyclic) bond motifs is 1. The highest BCUT2D eigenvalue weighted by Gasteiger charge is 2.36. The van der Waals surface area contributed by atoms with E-state index in [9.17, 15) is 9.90 Å². The van der Waals surface area contributed by atoms with Gasteiger partial charge in [-0.2, -0.15) is 0 Å². The lowest BCUT2D eigenvalue weighted by Crippen LogP contribution is -2.36. The maximum atomic E-state index is 12.8. The van der Waals surface area contributed by atoms with Crippen LogP contribution in [-0.4, -0.2) is 43.9 Å². The van der Waals surface area contributed by atoms with Crippen molar-refractivity contribution in [2.45, 2.75) is 44.1 Å². The third-order valence-electron chi connectivity index (χ3n) is 6.72. The van der Waals surface area contributed by atoms with E-state index >= 15 is 0 Å². The summed E-state index contributed by atoms with van der Waals surface area (Å²) in [5.74, 6) is 0.533. The molecule has 2 N–H and O–H groups in total. The molecule has 2 aromatic rings. The van der Waals surface area contributed by atoms with Crippen LogP contribution in [0, 0.1) is 0 Å². The number of aliphatic hydroxyl groups excluding tert-OH is 1. The standard InChI is InChI=1S/C23H27ClN2O3S/c24-15-5-6-16(17(11-15)14-3-1-2-4-14)18-12-25-22(28)21-20(18)19(13-27)23(30-21)26-7-9-29-10-8-26/h5-6,11,14,18,27H,1-4,7-10,12-13H2,(H,25,28). The van der Waals surface area contributed by atoms with Gasteiger partial charge < -0.3 is 20.1 Å². The first kappa shape index (κ1) is 20.3. The number of thiophene rings is 1. The molecule has 0 radical (unpaired) electrons. The third-order valence-corrected chi connectivity index (χ3v) is 8.27. The van der Waals surface area contributed by atoms with Crippen molar-refractivity contribution in [1.82, 2.24) is 5.32 Å². The largest absolute Gasteiger partial charge is 0.392 e. The lowest BCUT2D eigenvalue weighted by atomic mass is 9.80. The van der Waals surface area contributed by atoms with Crippen molar-refractivity contribution in [3.8, 4) is 0 Å². The first-order valence-electron chi connectivity index (χ1n) is 10.8. The minimum Gasteiger partial charge on any atom is -0.392 e. The zero-order valence-corrected chi connectivity index (χ0v) is 18.5. The van der Waals surface area contributed by atoms with Gasteiger partial charge in [0.05, 0.1) is 29.7 Å². The topological polar surface area (TPSA) is 61.8 Å². The van der Waals surface area contributed by atoms with E-state index in [0.717, 1.165) is 39.1 Å². The average molecular weight is 447 g/mol. The molecule has 1 aliphatic carbocycles. The number of carbonyl (C=O) groups excluding carboxylic acids is 1. The molecular formula is C23H27ClN2O3S. The number of nitrogens with zero attached hydrogens (tertiary/aromatic N) is 1. The molecule has 3 aliphatic rings. The van der Waals surface area contributed by atoms with Gasteiger partial charge in [-0.25, -0.2) is 0 Å². The molecule has 160 valence electrons. The van der Waals surface area contributed by atoms with Crippen LogP contribution in [0.1, 0.15) is 69.4 Å². The van der Waals surface area contributed by atoms with Gasteiger partial charge in [0.25, 0.3) is 5.91 Å². The Labute approximate surface area is 186 Å². The first-order chi connectivity index (χ1) is 14.7. The predicted octanol–water partition coefficient (Wildman–Crippen LogP) is 4.26. The SMILES string of the molecule is O=C1NCC(c2ccc(Cl)cc2C2CCCC2)c2c1sc(N1CCOCC1)c2CO. The van der Waals surface area contributed by atoms with Gasteiger partial charge in [-0.3, -0.25) is 4.79 Å². The number of benzene rings is 1. The van der Waals surface area contributed by atoms with Crippen LogP contribution in [0.3, 0.4) is 0 Å². The number of nitrogens with one attached hydrogen (secondary N) is 1. The fourth-order valence-electron chi connectivity index (χ4n) is 5.27. The second kappa shape index (κ2) is 8.50. The highest BCUT2D eigenvalue weighted by molar-refractivity contribution is 7.18. The normalized spacial score (nSPS) is 22.3. The number of hydrogen-bond acceptors (Lipinski definition) is 5. The molecular weight excluding hydrogens is 420 g/mol. The molecule has 5 rings (SSSR count). The quantitative estimate of drug-likeness (QED) is 0.736. The van der Waals surface area contributed by atoms with E-state index in [-0.39, 0.29) is 18.4 Å². The predicted molar refractivity (Wildman–Crippen MR) is 120 cm³/mol. The summed E-state index contributed by atoms with van der Waals surface area (Å²) >= 11 is 7.91. The zero-order valence-electron chi connectivity index (χ0n) is 17.0. The van der Waals surface area contributed by atoms with Gasteiger partial charge in [0.1, 0.15) is 0 Å². The second-order valence-electron chi connectivity index (χ2n) is 8.40. The van der Waals surface area contributed by atoms with Gasteiger partial charge in [-0.05, 0) is 47.6 Å². The fourth-order valence-corrected chi connectivity index (χ4v) is 6.80. The Morgan fingerprint density at radius 1 is 1.20 bits per heavy atom. The summed E-state index contributed by atoms with van der Waals surface area (Å²) < 4.78 is 5.50. The molecule has 1 saturated carbocycles. The van der Waals surface area contributed by atoms with Crippen molar-refractivity contribution in [2.75, 3.05) is 37.7 Å². The number of amides is 1. The number of carbonyl (C=O) groups is 1. The van der Waals surface area contributed by atoms with E-state index < -0.39 is 0 Å². The van der Waals surface area contributed by atoms with Crippen LogP contribution >= 0.6 is 22.9 Å². The maximum Gasteiger partial charge on any atom is 0.261 e. The number of aliphatic hydroxyl groups is 1. The van der Waals surface area contributed by atoms with E-state index in [1.807, 2.05) is 6.07 Å². The minimum atomic E-state index is -0.0609. The van der Waals surface area contributed by atoms with Crippen molar-refractivity contribution < 1.29 is 14.6 Å². The molecule has 0 bridgehead atoms. The molecule has 1 aromatic heterocycles. The number of hydrogen-bond donors (Lipinski definition) is 2. The zero-order chi connectivity index (χ0) is 20.7. The minimum absolute atomic E-state index is 0.0307. The number of rotatable bonds is 4. The van der Waals surface area contributed by atoms with Crippen LogP contribution in [0.2, 0.25) is 5.02 Å². The molecule has 1 amide bonds. The van der Waals surface area contributed by atoms with E-state index in [1.165, 1.54) is 48.1 Å². The monoisotopic (exact) mass is 446 g/mol. The molecule has 7 heteroatoms. The molecule has 1 aromatic carbocycles. The van der Waals surface area contributed by atoms with Crippen molar-refractivity contribution in [2.24, 2.45) is 0 Å². The van der Waals surface area contributed by atoms with E-state index in [1.54, 1.807) is 0 Å². The number of morpholine rings is 1. The molecule has 2 aliphatic heterocycles. The Balaban J connectivity index is 1.62. The van der Waals surface area contributed by atoms with Crippen molar-refractivity contribution in [3.63, 3.8) is 0 Å². The summed E-state index contributed by atoms with van der Waals surface area (Å²) in [6.07, 6.45) is 4.89. The summed E-state index contributed by atoms with van der Waals surface area (Å²) in [6, 6.07) is 6.21. The summed E-state index contributed by atoms with van der Waals surface area (Å²) in [5.41, 5.74) is 4.47. The van der Waals surface area contributed by atoms with Gasteiger partial charge in [0, 0.05) is 36.1 Å². The fraction of sp³-hybridized carbons (Fsp3) is 0.522. The van der Waals surface area contributed by atoms with Gasteiger partial charge in [-0.1, -0.05) is 30.5 Å². The van der Waals surface area contributed by atoms with E-state index in [0.29, 0.717) is 25.7 Å². The van der Waals surface area contributed by atoms with Crippen LogP contribution in [-0.2, 0) is 11.3 Å². The molecule has 5 nitrogen and oxygen atoms in total. The van der Waals surface area contributed by atoms with Crippen molar-refractivity contribution >= 4 is 33.8 Å². The molecule has 3 heterocycles. The number of halogens is 1. The van der Waals surface area contributed by atoms with Crippen LogP contribution in [0.5, 0.6) is 0 Å². The molecule has 0 spiro atoms. The Morgan fingerprint density at radius 3 is 2.70 bits per heavy atom. The lowest BCUT2D eigenvalue weighted by Gasteiger charge is -2.30. The Kier molecular flexibility index (Phi) is 5.75. The summed E-state index contributed by atoms with van der Waals surface area (Å²) in [4.78, 5) is 15.8. The van der Waals surface area contributed by atoms with Gasteiger partial charge >= 0.3 is 0 Å². The van der Waals surface area contributed by atoms with Crippen LogP contribution in [0.25, 0.3) is 0 Å².